The zero-order valence-corrected chi connectivity index (χ0v) is 8.32. The number of ether oxygens (including phenoxy) is 1. The van der Waals surface area contributed by atoms with E-state index in [4.69, 9.17) is 16.3 Å². The maximum absolute atomic E-state index is 5.89. The van der Waals surface area contributed by atoms with Gasteiger partial charge in [0.1, 0.15) is 5.02 Å². The molecule has 4 heteroatoms. The lowest BCUT2D eigenvalue weighted by atomic mass is 10.3. The van der Waals surface area contributed by atoms with E-state index < -0.39 is 0 Å². The Hall–Kier alpha value is -0.280. The van der Waals surface area contributed by atoms with Crippen molar-refractivity contribution < 1.29 is 4.74 Å². The average Bonchev–Trinajstić information content (AvgIpc) is 2.05. The summed E-state index contributed by atoms with van der Waals surface area (Å²) in [6, 6.07) is 1.85. The van der Waals surface area contributed by atoms with Crippen molar-refractivity contribution in [3.63, 3.8) is 0 Å². The molecule has 1 aromatic rings. The van der Waals surface area contributed by atoms with E-state index in [1.54, 1.807) is 13.3 Å². The van der Waals surface area contributed by atoms with Crippen molar-refractivity contribution in [3.05, 3.63) is 22.8 Å². The third kappa shape index (κ3) is 1.84. The van der Waals surface area contributed by atoms with Gasteiger partial charge in [0.15, 0.2) is 0 Å². The van der Waals surface area contributed by atoms with Crippen molar-refractivity contribution in [1.82, 2.24) is 4.98 Å². The summed E-state index contributed by atoms with van der Waals surface area (Å²) in [6.07, 6.45) is 1.67. The number of rotatable bonds is 2. The van der Waals surface area contributed by atoms with Crippen LogP contribution in [-0.4, -0.2) is 12.1 Å². The summed E-state index contributed by atoms with van der Waals surface area (Å²) in [5.74, 6) is 0.476. The minimum Gasteiger partial charge on any atom is -0.480 e. The second-order valence-electron chi connectivity index (χ2n) is 1.93. The summed E-state index contributed by atoms with van der Waals surface area (Å²) in [7, 11) is 1.55. The number of pyridine rings is 1. The van der Waals surface area contributed by atoms with Crippen LogP contribution < -0.4 is 4.74 Å². The molecule has 0 aliphatic rings. The zero-order valence-electron chi connectivity index (χ0n) is 5.97. The molecule has 0 aliphatic carbocycles. The first kappa shape index (κ1) is 8.81. The molecule has 1 aromatic heterocycles. The Morgan fingerprint density at radius 1 is 1.73 bits per heavy atom. The van der Waals surface area contributed by atoms with Crippen molar-refractivity contribution >= 4 is 27.5 Å². The first-order chi connectivity index (χ1) is 5.29. The number of methoxy groups -OCH3 is 1. The van der Waals surface area contributed by atoms with Gasteiger partial charge in [0.05, 0.1) is 7.11 Å². The number of alkyl halides is 1. The largest absolute Gasteiger partial charge is 0.480 e. The van der Waals surface area contributed by atoms with Crippen LogP contribution in [0.25, 0.3) is 0 Å². The van der Waals surface area contributed by atoms with Crippen LogP contribution in [0.4, 0.5) is 0 Å². The highest BCUT2D eigenvalue weighted by Gasteiger charge is 2.05. The summed E-state index contributed by atoms with van der Waals surface area (Å²) in [5, 5.41) is 1.29. The molecule has 0 fully saturated rings. The van der Waals surface area contributed by atoms with Gasteiger partial charge in [0.25, 0.3) is 0 Å². The predicted octanol–water partition coefficient (Wildman–Crippen LogP) is 2.64. The van der Waals surface area contributed by atoms with Gasteiger partial charge in [0, 0.05) is 11.5 Å². The lowest BCUT2D eigenvalue weighted by Gasteiger charge is -2.03. The maximum Gasteiger partial charge on any atom is 0.232 e. The molecular formula is C7H7BrClNO. The molecule has 1 heterocycles. The third-order valence-corrected chi connectivity index (χ3v) is 2.28. The smallest absolute Gasteiger partial charge is 0.232 e. The summed E-state index contributed by atoms with van der Waals surface area (Å²) in [5.41, 5.74) is 0.985. The Kier molecular flexibility index (Phi) is 3.15. The van der Waals surface area contributed by atoms with Gasteiger partial charge in [-0.1, -0.05) is 27.5 Å². The molecule has 0 aromatic carbocycles. The Morgan fingerprint density at radius 2 is 2.45 bits per heavy atom. The van der Waals surface area contributed by atoms with Crippen molar-refractivity contribution in [2.45, 2.75) is 5.33 Å². The van der Waals surface area contributed by atoms with E-state index in [9.17, 15) is 0 Å². The standard InChI is InChI=1S/C7H7BrClNO/c1-11-7-6(9)5(4-8)2-3-10-7/h2-3H,4H2,1H3. The van der Waals surface area contributed by atoms with Gasteiger partial charge in [0.2, 0.25) is 5.88 Å². The summed E-state index contributed by atoms with van der Waals surface area (Å²) < 4.78 is 4.92. The molecule has 0 saturated carbocycles. The highest BCUT2D eigenvalue weighted by molar-refractivity contribution is 9.08. The van der Waals surface area contributed by atoms with Crippen LogP contribution in [0.15, 0.2) is 12.3 Å². The highest BCUT2D eigenvalue weighted by atomic mass is 79.9. The van der Waals surface area contributed by atoms with Crippen molar-refractivity contribution in [2.24, 2.45) is 0 Å². The van der Waals surface area contributed by atoms with Crippen LogP contribution in [0.5, 0.6) is 5.88 Å². The van der Waals surface area contributed by atoms with Crippen LogP contribution >= 0.6 is 27.5 Å². The fourth-order valence-corrected chi connectivity index (χ4v) is 1.59. The first-order valence-corrected chi connectivity index (χ1v) is 4.53. The number of nitrogens with zero attached hydrogens (tertiary/aromatic N) is 1. The second kappa shape index (κ2) is 3.93. The fraction of sp³-hybridized carbons (Fsp3) is 0.286. The molecule has 0 aliphatic heterocycles. The van der Waals surface area contributed by atoms with E-state index in [0.29, 0.717) is 16.2 Å². The van der Waals surface area contributed by atoms with Crippen molar-refractivity contribution in [2.75, 3.05) is 7.11 Å². The molecule has 1 rings (SSSR count). The number of hydrogen-bond donors (Lipinski definition) is 0. The predicted molar refractivity (Wildman–Crippen MR) is 48.4 cm³/mol. The molecule has 60 valence electrons. The fourth-order valence-electron chi connectivity index (χ4n) is 0.708. The SMILES string of the molecule is COc1nccc(CBr)c1Cl. The van der Waals surface area contributed by atoms with Crippen LogP contribution in [0, 0.1) is 0 Å². The van der Waals surface area contributed by atoms with Gasteiger partial charge >= 0.3 is 0 Å². The minimum absolute atomic E-state index is 0.476. The van der Waals surface area contributed by atoms with Crippen LogP contribution in [-0.2, 0) is 5.33 Å². The Balaban J connectivity index is 3.10. The van der Waals surface area contributed by atoms with E-state index in [-0.39, 0.29) is 0 Å². The molecule has 0 bridgehead atoms. The number of hydrogen-bond acceptors (Lipinski definition) is 2. The quantitative estimate of drug-likeness (QED) is 0.737. The van der Waals surface area contributed by atoms with Gasteiger partial charge in [-0.05, 0) is 11.6 Å². The normalized spacial score (nSPS) is 9.73. The van der Waals surface area contributed by atoms with Crippen molar-refractivity contribution in [3.8, 4) is 5.88 Å². The van der Waals surface area contributed by atoms with Gasteiger partial charge in [-0.25, -0.2) is 4.98 Å². The summed E-state index contributed by atoms with van der Waals surface area (Å²) >= 11 is 9.20. The number of halogens is 2. The van der Waals surface area contributed by atoms with E-state index in [2.05, 4.69) is 20.9 Å². The molecule has 0 spiro atoms. The van der Waals surface area contributed by atoms with Crippen LogP contribution in [0.2, 0.25) is 5.02 Å². The van der Waals surface area contributed by atoms with Gasteiger partial charge in [-0.15, -0.1) is 0 Å². The van der Waals surface area contributed by atoms with Crippen LogP contribution in [0.3, 0.4) is 0 Å². The molecule has 11 heavy (non-hydrogen) atoms. The second-order valence-corrected chi connectivity index (χ2v) is 2.87. The Bertz CT molecular complexity index is 232. The minimum atomic E-state index is 0.476. The molecule has 2 nitrogen and oxygen atoms in total. The molecule has 0 saturated heterocycles. The van der Waals surface area contributed by atoms with E-state index >= 15 is 0 Å². The molecule has 0 amide bonds. The summed E-state index contributed by atoms with van der Waals surface area (Å²) in [6.45, 7) is 0. The summed E-state index contributed by atoms with van der Waals surface area (Å²) in [4.78, 5) is 3.93. The van der Waals surface area contributed by atoms with Gasteiger partial charge in [-0.3, -0.25) is 0 Å². The average molecular weight is 236 g/mol. The molecule has 0 atom stereocenters. The lowest BCUT2D eigenvalue weighted by molar-refractivity contribution is 0.398. The molecule has 0 N–H and O–H groups in total. The molecule has 0 radical (unpaired) electrons. The molecule has 0 unspecified atom stereocenters. The first-order valence-electron chi connectivity index (χ1n) is 3.03. The Labute approximate surface area is 78.7 Å². The Morgan fingerprint density at radius 3 is 3.00 bits per heavy atom. The molecular weight excluding hydrogens is 229 g/mol. The number of aromatic nitrogens is 1. The maximum atomic E-state index is 5.89. The lowest BCUT2D eigenvalue weighted by Crippen LogP contribution is -1.90. The van der Waals surface area contributed by atoms with Crippen molar-refractivity contribution in [1.29, 1.82) is 0 Å². The van der Waals surface area contributed by atoms with E-state index in [0.717, 1.165) is 5.56 Å². The van der Waals surface area contributed by atoms with E-state index in [1.165, 1.54) is 0 Å². The zero-order chi connectivity index (χ0) is 8.27. The topological polar surface area (TPSA) is 22.1 Å². The van der Waals surface area contributed by atoms with Crippen LogP contribution in [0.1, 0.15) is 5.56 Å². The van der Waals surface area contributed by atoms with Gasteiger partial charge in [-0.2, -0.15) is 0 Å². The highest BCUT2D eigenvalue weighted by Crippen LogP contribution is 2.26. The third-order valence-electron chi connectivity index (χ3n) is 1.27. The monoisotopic (exact) mass is 235 g/mol. The van der Waals surface area contributed by atoms with Gasteiger partial charge < -0.3 is 4.74 Å². The van der Waals surface area contributed by atoms with E-state index in [1.807, 2.05) is 6.07 Å².